The molecule has 0 heterocycles. The van der Waals surface area contributed by atoms with E-state index in [2.05, 4.69) is 5.32 Å². The van der Waals surface area contributed by atoms with E-state index in [1.807, 2.05) is 48.5 Å². The second-order valence-electron chi connectivity index (χ2n) is 6.32. The number of ether oxygens (including phenoxy) is 2. The SMILES string of the molecule is COc1ccc2cc(/C=C/C(=O)OCC(=O)NCc3ccc(Cl)cc3)ccc2c1. The first-order valence-corrected chi connectivity index (χ1v) is 9.35. The van der Waals surface area contributed by atoms with Crippen LogP contribution in [-0.4, -0.2) is 25.6 Å². The molecule has 29 heavy (non-hydrogen) atoms. The van der Waals surface area contributed by atoms with Crippen molar-refractivity contribution in [2.45, 2.75) is 6.54 Å². The maximum Gasteiger partial charge on any atom is 0.331 e. The monoisotopic (exact) mass is 409 g/mol. The Hall–Kier alpha value is -3.31. The molecule has 3 aromatic rings. The Kier molecular flexibility index (Phi) is 6.87. The normalized spacial score (nSPS) is 10.8. The predicted molar refractivity (Wildman–Crippen MR) is 114 cm³/mol. The van der Waals surface area contributed by atoms with Gasteiger partial charge in [0, 0.05) is 17.6 Å². The molecule has 0 atom stereocenters. The van der Waals surface area contributed by atoms with E-state index in [1.54, 1.807) is 25.3 Å². The van der Waals surface area contributed by atoms with Crippen molar-refractivity contribution in [1.29, 1.82) is 0 Å². The number of methoxy groups -OCH3 is 1. The average molecular weight is 410 g/mol. The first-order chi connectivity index (χ1) is 14.0. The lowest BCUT2D eigenvalue weighted by Crippen LogP contribution is -2.28. The third kappa shape index (κ3) is 6.09. The van der Waals surface area contributed by atoms with Crippen molar-refractivity contribution in [3.63, 3.8) is 0 Å². The first-order valence-electron chi connectivity index (χ1n) is 8.97. The Morgan fingerprint density at radius 3 is 2.48 bits per heavy atom. The van der Waals surface area contributed by atoms with Gasteiger partial charge in [-0.15, -0.1) is 0 Å². The van der Waals surface area contributed by atoms with Crippen molar-refractivity contribution in [1.82, 2.24) is 5.32 Å². The molecule has 1 N–H and O–H groups in total. The predicted octanol–water partition coefficient (Wildman–Crippen LogP) is 4.37. The summed E-state index contributed by atoms with van der Waals surface area (Å²) in [7, 11) is 1.63. The molecule has 0 saturated carbocycles. The maximum absolute atomic E-state index is 11.9. The number of halogens is 1. The van der Waals surface area contributed by atoms with Gasteiger partial charge in [0.1, 0.15) is 5.75 Å². The highest BCUT2D eigenvalue weighted by Gasteiger charge is 2.05. The molecule has 0 radical (unpaired) electrons. The number of nitrogens with one attached hydrogen (secondary N) is 1. The number of carbonyl (C=O) groups is 2. The van der Waals surface area contributed by atoms with Crippen molar-refractivity contribution in [2.75, 3.05) is 13.7 Å². The fourth-order valence-corrected chi connectivity index (χ4v) is 2.80. The number of esters is 1. The zero-order chi connectivity index (χ0) is 20.6. The molecule has 3 aromatic carbocycles. The standard InChI is InChI=1S/C23H20ClNO4/c1-28-21-10-7-18-12-16(2-6-19(18)13-21)5-11-23(27)29-15-22(26)25-14-17-3-8-20(24)9-4-17/h2-13H,14-15H2,1H3,(H,25,26)/b11-5+. The third-order valence-electron chi connectivity index (χ3n) is 4.23. The minimum Gasteiger partial charge on any atom is -0.497 e. The van der Waals surface area contributed by atoms with E-state index in [0.717, 1.165) is 27.6 Å². The van der Waals surface area contributed by atoms with Crippen LogP contribution >= 0.6 is 11.6 Å². The van der Waals surface area contributed by atoms with Crippen molar-refractivity contribution in [3.8, 4) is 5.75 Å². The van der Waals surface area contributed by atoms with Crippen LogP contribution in [0.5, 0.6) is 5.75 Å². The number of fused-ring (bicyclic) bond motifs is 1. The lowest BCUT2D eigenvalue weighted by Gasteiger charge is -2.06. The molecule has 0 aromatic heterocycles. The summed E-state index contributed by atoms with van der Waals surface area (Å²) in [4.78, 5) is 23.7. The number of rotatable bonds is 7. The smallest absolute Gasteiger partial charge is 0.331 e. The zero-order valence-electron chi connectivity index (χ0n) is 15.9. The van der Waals surface area contributed by atoms with Gasteiger partial charge in [0.2, 0.25) is 0 Å². The molecule has 0 unspecified atom stereocenters. The van der Waals surface area contributed by atoms with Crippen molar-refractivity contribution in [3.05, 3.63) is 82.9 Å². The lowest BCUT2D eigenvalue weighted by molar-refractivity contribution is -0.143. The summed E-state index contributed by atoms with van der Waals surface area (Å²) < 4.78 is 10.2. The maximum atomic E-state index is 11.9. The van der Waals surface area contributed by atoms with E-state index in [1.165, 1.54) is 6.08 Å². The van der Waals surface area contributed by atoms with E-state index < -0.39 is 5.97 Å². The number of amides is 1. The first kappa shape index (κ1) is 20.4. The fraction of sp³-hybridized carbons (Fsp3) is 0.130. The van der Waals surface area contributed by atoms with Gasteiger partial charge in [-0.25, -0.2) is 4.79 Å². The Balaban J connectivity index is 1.48. The topological polar surface area (TPSA) is 64.6 Å². The van der Waals surface area contributed by atoms with E-state index >= 15 is 0 Å². The Labute approximate surface area is 173 Å². The molecule has 0 aliphatic heterocycles. The van der Waals surface area contributed by atoms with Gasteiger partial charge in [0.25, 0.3) is 5.91 Å². The Morgan fingerprint density at radius 1 is 1.00 bits per heavy atom. The summed E-state index contributed by atoms with van der Waals surface area (Å²) in [6, 6.07) is 18.7. The molecular weight excluding hydrogens is 390 g/mol. The quantitative estimate of drug-likeness (QED) is 0.464. The van der Waals surface area contributed by atoms with E-state index in [4.69, 9.17) is 21.1 Å². The highest BCUT2D eigenvalue weighted by molar-refractivity contribution is 6.30. The lowest BCUT2D eigenvalue weighted by atomic mass is 10.1. The van der Waals surface area contributed by atoms with Gasteiger partial charge in [-0.2, -0.15) is 0 Å². The van der Waals surface area contributed by atoms with Crippen LogP contribution in [0.3, 0.4) is 0 Å². The van der Waals surface area contributed by atoms with Crippen molar-refractivity contribution < 1.29 is 19.1 Å². The van der Waals surface area contributed by atoms with Gasteiger partial charge in [0.15, 0.2) is 6.61 Å². The summed E-state index contributed by atoms with van der Waals surface area (Å²) in [5, 5.41) is 5.39. The minimum absolute atomic E-state index is 0.339. The number of benzene rings is 3. The van der Waals surface area contributed by atoms with Crippen LogP contribution in [0.2, 0.25) is 5.02 Å². The van der Waals surface area contributed by atoms with Crippen LogP contribution in [0.15, 0.2) is 66.7 Å². The third-order valence-corrected chi connectivity index (χ3v) is 4.48. The number of carbonyl (C=O) groups excluding carboxylic acids is 2. The van der Waals surface area contributed by atoms with E-state index in [0.29, 0.717) is 11.6 Å². The Bertz CT molecular complexity index is 1040. The molecule has 3 rings (SSSR count). The van der Waals surface area contributed by atoms with Crippen LogP contribution in [-0.2, 0) is 20.9 Å². The van der Waals surface area contributed by atoms with Gasteiger partial charge in [-0.1, -0.05) is 41.9 Å². The summed E-state index contributed by atoms with van der Waals surface area (Å²) >= 11 is 5.82. The molecule has 0 aliphatic rings. The molecule has 5 nitrogen and oxygen atoms in total. The van der Waals surface area contributed by atoms with Crippen LogP contribution in [0.25, 0.3) is 16.8 Å². The average Bonchev–Trinajstić information content (AvgIpc) is 2.75. The summed E-state index contributed by atoms with van der Waals surface area (Å²) in [6.45, 7) is -0.000451. The zero-order valence-corrected chi connectivity index (χ0v) is 16.6. The van der Waals surface area contributed by atoms with E-state index in [-0.39, 0.29) is 12.5 Å². The minimum atomic E-state index is -0.582. The molecule has 148 valence electrons. The molecule has 0 fully saturated rings. The number of hydrogen-bond acceptors (Lipinski definition) is 4. The summed E-state index contributed by atoms with van der Waals surface area (Å²) in [5.74, 6) is -0.165. The molecule has 1 amide bonds. The molecule has 6 heteroatoms. The fourth-order valence-electron chi connectivity index (χ4n) is 2.68. The second-order valence-corrected chi connectivity index (χ2v) is 6.75. The highest BCUT2D eigenvalue weighted by Crippen LogP contribution is 2.22. The Morgan fingerprint density at radius 2 is 1.72 bits per heavy atom. The van der Waals surface area contributed by atoms with Gasteiger partial charge in [0.05, 0.1) is 7.11 Å². The van der Waals surface area contributed by atoms with Gasteiger partial charge in [-0.05, 0) is 58.3 Å². The molecular formula is C23H20ClNO4. The van der Waals surface area contributed by atoms with E-state index in [9.17, 15) is 9.59 Å². The largest absolute Gasteiger partial charge is 0.497 e. The highest BCUT2D eigenvalue weighted by atomic mass is 35.5. The van der Waals surface area contributed by atoms with Gasteiger partial charge < -0.3 is 14.8 Å². The molecule has 0 saturated heterocycles. The van der Waals surface area contributed by atoms with Crippen LogP contribution < -0.4 is 10.1 Å². The van der Waals surface area contributed by atoms with Gasteiger partial charge >= 0.3 is 5.97 Å². The number of hydrogen-bond donors (Lipinski definition) is 1. The second kappa shape index (κ2) is 9.75. The van der Waals surface area contributed by atoms with Crippen LogP contribution in [0.4, 0.5) is 0 Å². The molecule has 0 bridgehead atoms. The van der Waals surface area contributed by atoms with Crippen LogP contribution in [0, 0.1) is 0 Å². The molecule has 0 aliphatic carbocycles. The van der Waals surface area contributed by atoms with Crippen LogP contribution in [0.1, 0.15) is 11.1 Å². The molecule has 0 spiro atoms. The van der Waals surface area contributed by atoms with Crippen molar-refractivity contribution >= 4 is 40.3 Å². The summed E-state index contributed by atoms with van der Waals surface area (Å²) in [6.07, 6.45) is 2.95. The van der Waals surface area contributed by atoms with Crippen molar-refractivity contribution in [2.24, 2.45) is 0 Å². The summed E-state index contributed by atoms with van der Waals surface area (Å²) in [5.41, 5.74) is 1.76. The van der Waals surface area contributed by atoms with Gasteiger partial charge in [-0.3, -0.25) is 4.79 Å².